The maximum atomic E-state index is 12.1. The predicted molar refractivity (Wildman–Crippen MR) is 131 cm³/mol. The first-order chi connectivity index (χ1) is 16.1. The lowest BCUT2D eigenvalue weighted by atomic mass is 10.2. The van der Waals surface area contributed by atoms with Crippen molar-refractivity contribution in [3.63, 3.8) is 0 Å². The monoisotopic (exact) mass is 480 g/mol. The molecule has 0 saturated carbocycles. The number of sulfonamides is 1. The zero-order valence-corrected chi connectivity index (χ0v) is 20.0. The highest BCUT2D eigenvalue weighted by Gasteiger charge is 2.18. The molecule has 12 heteroatoms. The molecular formula is C22H24N8O3S. The smallest absolute Gasteiger partial charge is 0.233 e. The summed E-state index contributed by atoms with van der Waals surface area (Å²) in [5, 5.41) is 11.3. The zero-order valence-electron chi connectivity index (χ0n) is 19.1. The maximum absolute atomic E-state index is 12.1. The van der Waals surface area contributed by atoms with Crippen molar-refractivity contribution in [2.45, 2.75) is 20.4 Å². The van der Waals surface area contributed by atoms with Crippen LogP contribution < -0.4 is 14.9 Å². The fraction of sp³-hybridized carbons (Fsp3) is 0.227. The molecule has 0 unspecified atom stereocenters. The Bertz CT molecular complexity index is 1470. The van der Waals surface area contributed by atoms with Gasteiger partial charge in [-0.05, 0) is 25.1 Å². The molecule has 0 spiro atoms. The number of hydrogen-bond acceptors (Lipinski definition) is 8. The van der Waals surface area contributed by atoms with E-state index in [2.05, 4.69) is 30.7 Å². The molecule has 2 N–H and O–H groups in total. The van der Waals surface area contributed by atoms with Crippen molar-refractivity contribution in [3.8, 4) is 0 Å². The average Bonchev–Trinajstić information content (AvgIpc) is 3.08. The number of carbonyl (C=O) groups is 1. The highest BCUT2D eigenvalue weighted by molar-refractivity contribution is 7.92. The second kappa shape index (κ2) is 9.06. The first-order valence-electron chi connectivity index (χ1n) is 10.3. The van der Waals surface area contributed by atoms with E-state index in [0.717, 1.165) is 27.2 Å². The van der Waals surface area contributed by atoms with Crippen molar-refractivity contribution in [1.29, 1.82) is 0 Å². The van der Waals surface area contributed by atoms with E-state index in [1.807, 2.05) is 19.1 Å². The van der Waals surface area contributed by atoms with Crippen LogP contribution in [0.15, 0.2) is 48.9 Å². The van der Waals surface area contributed by atoms with Crippen LogP contribution in [0.3, 0.4) is 0 Å². The normalized spacial score (nSPS) is 11.4. The minimum absolute atomic E-state index is 0.169. The van der Waals surface area contributed by atoms with Crippen molar-refractivity contribution < 1.29 is 13.2 Å². The third-order valence-corrected chi connectivity index (χ3v) is 6.31. The van der Waals surface area contributed by atoms with Gasteiger partial charge in [-0.2, -0.15) is 5.10 Å². The molecule has 4 rings (SSSR count). The van der Waals surface area contributed by atoms with Gasteiger partial charge in [0.25, 0.3) is 0 Å². The molecule has 0 aliphatic carbocycles. The molecule has 1 amide bonds. The number of pyridine rings is 3. The number of amides is 1. The van der Waals surface area contributed by atoms with E-state index in [0.29, 0.717) is 35.2 Å². The molecule has 0 aliphatic rings. The Morgan fingerprint density at radius 2 is 1.88 bits per heavy atom. The van der Waals surface area contributed by atoms with E-state index < -0.39 is 10.0 Å². The van der Waals surface area contributed by atoms with Gasteiger partial charge >= 0.3 is 0 Å². The molecule has 4 aromatic heterocycles. The highest BCUT2D eigenvalue weighted by Crippen LogP contribution is 2.25. The third-order valence-electron chi connectivity index (χ3n) is 5.14. The molecule has 0 aliphatic heterocycles. The van der Waals surface area contributed by atoms with Gasteiger partial charge in [-0.15, -0.1) is 0 Å². The number of rotatable bonds is 7. The van der Waals surface area contributed by atoms with Gasteiger partial charge in [-0.1, -0.05) is 6.07 Å². The van der Waals surface area contributed by atoms with Crippen LogP contribution in [-0.4, -0.2) is 52.4 Å². The van der Waals surface area contributed by atoms with E-state index in [-0.39, 0.29) is 5.91 Å². The van der Waals surface area contributed by atoms with Crippen molar-refractivity contribution in [2.75, 3.05) is 28.2 Å². The predicted octanol–water partition coefficient (Wildman–Crippen LogP) is 2.68. The molecular weight excluding hydrogens is 456 g/mol. The van der Waals surface area contributed by atoms with Gasteiger partial charge in [-0.3, -0.25) is 13.8 Å². The lowest BCUT2D eigenvalue weighted by Crippen LogP contribution is -2.27. The van der Waals surface area contributed by atoms with Gasteiger partial charge in [0.15, 0.2) is 0 Å². The van der Waals surface area contributed by atoms with Gasteiger partial charge in [-0.25, -0.2) is 23.4 Å². The van der Waals surface area contributed by atoms with Crippen LogP contribution in [0.1, 0.15) is 18.2 Å². The van der Waals surface area contributed by atoms with E-state index in [1.165, 1.54) is 14.0 Å². The quantitative estimate of drug-likeness (QED) is 0.412. The van der Waals surface area contributed by atoms with Crippen LogP contribution in [0, 0.1) is 6.92 Å². The molecule has 0 fully saturated rings. The number of carbonyl (C=O) groups excluding carboxylic acids is 1. The number of anilines is 4. The second-order valence-corrected chi connectivity index (χ2v) is 9.80. The summed E-state index contributed by atoms with van der Waals surface area (Å²) in [5.41, 5.74) is 2.93. The summed E-state index contributed by atoms with van der Waals surface area (Å²) in [5.74, 6) is 1.31. The molecule has 0 bridgehead atoms. The topological polar surface area (TPSA) is 135 Å². The first kappa shape index (κ1) is 23.1. The fourth-order valence-corrected chi connectivity index (χ4v) is 3.93. The molecule has 11 nitrogen and oxygen atoms in total. The standard InChI is InChI=1S/C22H24N8O3S/c1-14-18-12-25-21(27-20-8-7-17(11-24-20)26-15(2)31)10-19(18)30(28-14)13-16-6-5-9-23-22(16)29(3)34(4,32)33/h5-12H,13H2,1-4H3,(H,26,31)(H,24,25,27). The van der Waals surface area contributed by atoms with Crippen molar-refractivity contribution in [2.24, 2.45) is 0 Å². The number of hydrogen-bond donors (Lipinski definition) is 2. The molecule has 0 atom stereocenters. The minimum Gasteiger partial charge on any atom is -0.325 e. The highest BCUT2D eigenvalue weighted by atomic mass is 32.2. The summed E-state index contributed by atoms with van der Waals surface area (Å²) in [6.45, 7) is 3.65. The van der Waals surface area contributed by atoms with E-state index in [4.69, 9.17) is 0 Å². The third kappa shape index (κ3) is 4.96. The number of aromatic nitrogens is 5. The van der Waals surface area contributed by atoms with Crippen LogP contribution in [0.25, 0.3) is 10.9 Å². The number of aryl methyl sites for hydroxylation is 1. The summed E-state index contributed by atoms with van der Waals surface area (Å²) in [7, 11) is -1.99. The minimum atomic E-state index is -3.47. The van der Waals surface area contributed by atoms with Crippen LogP contribution in [0.2, 0.25) is 0 Å². The van der Waals surface area contributed by atoms with Crippen molar-refractivity contribution >= 4 is 50.0 Å². The summed E-state index contributed by atoms with van der Waals surface area (Å²) in [6, 6.07) is 8.93. The SMILES string of the molecule is CC(=O)Nc1ccc(Nc2cc3c(cn2)c(C)nn3Cc2cccnc2N(C)S(C)(=O)=O)nc1. The molecule has 4 heterocycles. The Labute approximate surface area is 196 Å². The molecule has 4 aromatic rings. The van der Waals surface area contributed by atoms with E-state index in [1.54, 1.807) is 41.5 Å². The van der Waals surface area contributed by atoms with E-state index in [9.17, 15) is 13.2 Å². The zero-order chi connectivity index (χ0) is 24.5. The summed E-state index contributed by atoms with van der Waals surface area (Å²) in [6.07, 6.45) is 5.98. The van der Waals surface area contributed by atoms with Crippen molar-refractivity contribution in [3.05, 3.63) is 60.2 Å². The Hall–Kier alpha value is -4.06. The largest absolute Gasteiger partial charge is 0.325 e. The Morgan fingerprint density at radius 3 is 2.56 bits per heavy atom. The number of fused-ring (bicyclic) bond motifs is 1. The van der Waals surface area contributed by atoms with Gasteiger partial charge < -0.3 is 10.6 Å². The first-order valence-corrected chi connectivity index (χ1v) is 12.2. The van der Waals surface area contributed by atoms with Crippen LogP contribution in [0.5, 0.6) is 0 Å². The van der Waals surface area contributed by atoms with Gasteiger partial charge in [0.2, 0.25) is 15.9 Å². The lowest BCUT2D eigenvalue weighted by Gasteiger charge is -2.19. The molecule has 0 radical (unpaired) electrons. The Kier molecular flexibility index (Phi) is 6.16. The second-order valence-electron chi connectivity index (χ2n) is 7.78. The number of nitrogens with one attached hydrogen (secondary N) is 2. The van der Waals surface area contributed by atoms with E-state index >= 15 is 0 Å². The molecule has 0 saturated heterocycles. The number of nitrogens with zero attached hydrogens (tertiary/aromatic N) is 6. The summed E-state index contributed by atoms with van der Waals surface area (Å²) < 4.78 is 27.1. The van der Waals surface area contributed by atoms with Crippen molar-refractivity contribution in [1.82, 2.24) is 24.7 Å². The van der Waals surface area contributed by atoms with Crippen LogP contribution in [0.4, 0.5) is 23.1 Å². The Balaban J connectivity index is 1.65. The Morgan fingerprint density at radius 1 is 1.12 bits per heavy atom. The molecule has 34 heavy (non-hydrogen) atoms. The molecule has 0 aromatic carbocycles. The average molecular weight is 481 g/mol. The van der Waals surface area contributed by atoms with Crippen LogP contribution in [-0.2, 0) is 21.4 Å². The maximum Gasteiger partial charge on any atom is 0.233 e. The van der Waals surface area contributed by atoms with Gasteiger partial charge in [0, 0.05) is 43.4 Å². The van der Waals surface area contributed by atoms with Gasteiger partial charge in [0.05, 0.1) is 35.9 Å². The summed E-state index contributed by atoms with van der Waals surface area (Å²) >= 11 is 0. The lowest BCUT2D eigenvalue weighted by molar-refractivity contribution is -0.114. The van der Waals surface area contributed by atoms with Gasteiger partial charge in [0.1, 0.15) is 17.5 Å². The fourth-order valence-electron chi connectivity index (χ4n) is 3.45. The summed E-state index contributed by atoms with van der Waals surface area (Å²) in [4.78, 5) is 24.2. The molecule has 176 valence electrons. The van der Waals surface area contributed by atoms with Crippen LogP contribution >= 0.6 is 0 Å².